The lowest BCUT2D eigenvalue weighted by Gasteiger charge is -2.19. The van der Waals surface area contributed by atoms with Gasteiger partial charge in [0.25, 0.3) is 0 Å². The van der Waals surface area contributed by atoms with Crippen LogP contribution in [0.5, 0.6) is 0 Å². The molecule has 0 fully saturated rings. The molecule has 0 radical (unpaired) electrons. The highest BCUT2D eigenvalue weighted by molar-refractivity contribution is 6.27. The fourth-order valence-corrected chi connectivity index (χ4v) is 12.8. The molecule has 0 aliphatic heterocycles. The van der Waals surface area contributed by atoms with Crippen LogP contribution < -0.4 is 0 Å². The molecular formula is C70H40N6. The lowest BCUT2D eigenvalue weighted by Crippen LogP contribution is -2.07. The highest BCUT2D eigenvalue weighted by atomic mass is 15.1. The standard InChI is InChI=1S/C70H40N6/c1-3-23-43-41(19-1)21-17-35-51(43)65-69(73-63-55-33-11-7-27-47(55)45-25-5-9-31-53(45)61(63)71-65)75-59-37-15-13-29-49(59)57-39-40-58-50-30-14-16-38-60(50)76(68(58)67(57)75)70-66(52-36-18-22-42-20-2-4-24-44(42)52)72-62-54-32-10-6-26-46(54)48-28-8-12-34-56(48)64(62)74-70/h1-40H. The summed E-state index contributed by atoms with van der Waals surface area (Å²) in [4.78, 5) is 23.8. The summed E-state index contributed by atoms with van der Waals surface area (Å²) in [7, 11) is 0. The van der Waals surface area contributed by atoms with Crippen LogP contribution in [0.3, 0.4) is 0 Å². The molecule has 0 spiro atoms. The van der Waals surface area contributed by atoms with E-state index in [1.807, 2.05) is 0 Å². The quantitative estimate of drug-likeness (QED) is 0.165. The van der Waals surface area contributed by atoms with Crippen LogP contribution in [-0.2, 0) is 0 Å². The maximum Gasteiger partial charge on any atom is 0.165 e. The van der Waals surface area contributed by atoms with Crippen LogP contribution in [0.15, 0.2) is 243 Å². The van der Waals surface area contributed by atoms with Gasteiger partial charge in [-0.3, -0.25) is 9.13 Å². The van der Waals surface area contributed by atoms with Crippen LogP contribution >= 0.6 is 0 Å². The zero-order valence-corrected chi connectivity index (χ0v) is 40.8. The summed E-state index contributed by atoms with van der Waals surface area (Å²) >= 11 is 0. The summed E-state index contributed by atoms with van der Waals surface area (Å²) in [5.74, 6) is 1.49. The Balaban J connectivity index is 1.10. The molecule has 6 heteroatoms. The van der Waals surface area contributed by atoms with Gasteiger partial charge in [0.05, 0.1) is 44.1 Å². The van der Waals surface area contributed by atoms with Crippen LogP contribution in [-0.4, -0.2) is 29.1 Å². The lowest BCUT2D eigenvalue weighted by molar-refractivity contribution is 1.06. The van der Waals surface area contributed by atoms with Crippen LogP contribution in [0.25, 0.3) is 164 Å². The van der Waals surface area contributed by atoms with Crippen LogP contribution in [0, 0.1) is 0 Å². The van der Waals surface area contributed by atoms with Crippen LogP contribution in [0.2, 0.25) is 0 Å². The Morgan fingerprint density at radius 3 is 0.882 bits per heavy atom. The van der Waals surface area contributed by atoms with E-state index in [0.29, 0.717) is 0 Å². The third kappa shape index (κ3) is 5.64. The second kappa shape index (κ2) is 15.6. The monoisotopic (exact) mass is 964 g/mol. The van der Waals surface area contributed by atoms with E-state index in [2.05, 4.69) is 252 Å². The smallest absolute Gasteiger partial charge is 0.165 e. The Labute approximate surface area is 434 Å². The number of fused-ring (bicyclic) bond motifs is 21. The number of hydrogen-bond acceptors (Lipinski definition) is 4. The summed E-state index contributed by atoms with van der Waals surface area (Å²) < 4.78 is 4.82. The van der Waals surface area contributed by atoms with Crippen molar-refractivity contribution in [3.8, 4) is 34.2 Å². The Bertz CT molecular complexity index is 5030. The first kappa shape index (κ1) is 41.2. The van der Waals surface area contributed by atoms with Gasteiger partial charge in [0.15, 0.2) is 11.6 Å². The lowest BCUT2D eigenvalue weighted by atomic mass is 9.98. The number of rotatable bonds is 4. The maximum atomic E-state index is 6.01. The van der Waals surface area contributed by atoms with Crippen molar-refractivity contribution >= 4 is 130 Å². The predicted molar refractivity (Wildman–Crippen MR) is 317 cm³/mol. The van der Waals surface area contributed by atoms with Crippen molar-refractivity contribution in [1.82, 2.24) is 29.1 Å². The molecule has 13 aromatic carbocycles. The molecule has 0 aliphatic rings. The van der Waals surface area contributed by atoms with Crippen molar-refractivity contribution < 1.29 is 0 Å². The summed E-state index contributed by atoms with van der Waals surface area (Å²) in [5, 5.41) is 17.7. The number of benzene rings is 13. The molecule has 6 nitrogen and oxygen atoms in total. The molecule has 4 aromatic heterocycles. The normalized spacial score (nSPS) is 12.2. The minimum Gasteiger partial charge on any atom is -0.290 e. The first-order valence-corrected chi connectivity index (χ1v) is 25.9. The van der Waals surface area contributed by atoms with Crippen molar-refractivity contribution in [2.45, 2.75) is 0 Å². The molecule has 4 heterocycles. The van der Waals surface area contributed by atoms with Gasteiger partial charge in [-0.1, -0.05) is 231 Å². The third-order valence-electron chi connectivity index (χ3n) is 16.0. The van der Waals surface area contributed by atoms with Gasteiger partial charge in [0.1, 0.15) is 11.4 Å². The van der Waals surface area contributed by atoms with Crippen molar-refractivity contribution in [1.29, 1.82) is 0 Å². The molecule has 0 saturated carbocycles. The first-order chi connectivity index (χ1) is 37.7. The van der Waals surface area contributed by atoms with E-state index < -0.39 is 0 Å². The number of para-hydroxylation sites is 2. The largest absolute Gasteiger partial charge is 0.290 e. The number of nitrogens with zero attached hydrogens (tertiary/aromatic N) is 6. The van der Waals surface area contributed by atoms with Crippen molar-refractivity contribution in [2.75, 3.05) is 0 Å². The van der Waals surface area contributed by atoms with Gasteiger partial charge in [-0.2, -0.15) is 0 Å². The molecule has 0 aliphatic carbocycles. The fraction of sp³-hybridized carbons (Fsp3) is 0. The van der Waals surface area contributed by atoms with E-state index in [9.17, 15) is 0 Å². The predicted octanol–water partition coefficient (Wildman–Crippen LogP) is 18.0. The van der Waals surface area contributed by atoms with Crippen molar-refractivity contribution in [3.63, 3.8) is 0 Å². The SMILES string of the molecule is c1ccc2c(-c3nc4c5ccccc5c5ccccc5c4nc3-n3c4ccccc4c4ccc5c6ccccc6n(-c6nc7c8ccccc8c8ccccc8c7nc6-c6cccc7ccccc67)c5c43)cccc2c1. The van der Waals surface area contributed by atoms with Gasteiger partial charge in [-0.25, -0.2) is 19.9 Å². The number of aromatic nitrogens is 6. The topological polar surface area (TPSA) is 61.4 Å². The minimum absolute atomic E-state index is 0.746. The number of hydrogen-bond donors (Lipinski definition) is 0. The molecule has 0 saturated heterocycles. The van der Waals surface area contributed by atoms with Gasteiger partial charge in [-0.05, 0) is 55.2 Å². The van der Waals surface area contributed by atoms with E-state index in [-0.39, 0.29) is 0 Å². The Morgan fingerprint density at radius 1 is 0.211 bits per heavy atom. The Hall–Kier alpha value is -10.3. The van der Waals surface area contributed by atoms with E-state index in [4.69, 9.17) is 19.9 Å². The second-order valence-corrected chi connectivity index (χ2v) is 20.0. The minimum atomic E-state index is 0.746. The molecule has 17 aromatic rings. The zero-order chi connectivity index (χ0) is 49.6. The first-order valence-electron chi connectivity index (χ1n) is 25.9. The van der Waals surface area contributed by atoms with Crippen LogP contribution in [0.1, 0.15) is 0 Å². The van der Waals surface area contributed by atoms with Gasteiger partial charge in [0.2, 0.25) is 0 Å². The summed E-state index contributed by atoms with van der Waals surface area (Å²) in [6.07, 6.45) is 0. The molecular weight excluding hydrogens is 925 g/mol. The van der Waals surface area contributed by atoms with Gasteiger partial charge < -0.3 is 0 Å². The molecule has 17 rings (SSSR count). The molecule has 0 amide bonds. The fourth-order valence-electron chi connectivity index (χ4n) is 12.8. The molecule has 350 valence electrons. The summed E-state index contributed by atoms with van der Waals surface area (Å²) in [5.41, 5.74) is 11.1. The van der Waals surface area contributed by atoms with Crippen molar-refractivity contribution in [2.24, 2.45) is 0 Å². The molecule has 76 heavy (non-hydrogen) atoms. The highest BCUT2D eigenvalue weighted by Gasteiger charge is 2.28. The third-order valence-corrected chi connectivity index (χ3v) is 16.0. The molecule has 0 unspecified atom stereocenters. The molecule has 0 atom stereocenters. The molecule has 0 bridgehead atoms. The van der Waals surface area contributed by atoms with E-state index >= 15 is 0 Å². The average molecular weight is 965 g/mol. The van der Waals surface area contributed by atoms with Gasteiger partial charge in [0, 0.05) is 54.2 Å². The Kier molecular flexibility index (Phi) is 8.46. The highest BCUT2D eigenvalue weighted by Crippen LogP contribution is 2.47. The molecule has 0 N–H and O–H groups in total. The zero-order valence-electron chi connectivity index (χ0n) is 40.8. The van der Waals surface area contributed by atoms with Gasteiger partial charge >= 0.3 is 0 Å². The van der Waals surface area contributed by atoms with Crippen LogP contribution in [0.4, 0.5) is 0 Å². The van der Waals surface area contributed by atoms with E-state index in [1.165, 1.54) is 0 Å². The van der Waals surface area contributed by atoms with Crippen molar-refractivity contribution in [3.05, 3.63) is 243 Å². The van der Waals surface area contributed by atoms with E-state index in [1.54, 1.807) is 0 Å². The summed E-state index contributed by atoms with van der Waals surface area (Å²) in [6.45, 7) is 0. The maximum absolute atomic E-state index is 6.01. The Morgan fingerprint density at radius 2 is 0.500 bits per heavy atom. The average Bonchev–Trinajstić information content (AvgIpc) is 4.04. The van der Waals surface area contributed by atoms with Gasteiger partial charge in [-0.15, -0.1) is 0 Å². The summed E-state index contributed by atoms with van der Waals surface area (Å²) in [6, 6.07) is 87.0. The van der Waals surface area contributed by atoms with E-state index in [0.717, 1.165) is 164 Å². The second-order valence-electron chi connectivity index (χ2n) is 20.0.